The first-order valence-corrected chi connectivity index (χ1v) is 11.6. The van der Waals surface area contributed by atoms with Crippen molar-refractivity contribution in [2.24, 2.45) is 5.41 Å². The molecule has 0 bridgehead atoms. The van der Waals surface area contributed by atoms with Crippen LogP contribution in [0.15, 0.2) is 30.7 Å². The van der Waals surface area contributed by atoms with Crippen molar-refractivity contribution in [2.45, 2.75) is 37.4 Å². The van der Waals surface area contributed by atoms with Gasteiger partial charge in [-0.3, -0.25) is 9.78 Å². The normalized spacial score (nSPS) is 23.0. The lowest BCUT2D eigenvalue weighted by atomic mass is 9.80. The van der Waals surface area contributed by atoms with Gasteiger partial charge >= 0.3 is 0 Å². The Morgan fingerprint density at radius 3 is 2.86 bits per heavy atom. The van der Waals surface area contributed by atoms with Gasteiger partial charge in [0.1, 0.15) is 0 Å². The summed E-state index contributed by atoms with van der Waals surface area (Å²) < 4.78 is 5.50. The number of hydrogen-bond acceptors (Lipinski definition) is 6. The Morgan fingerprint density at radius 1 is 1.21 bits per heavy atom. The highest BCUT2D eigenvalue weighted by Gasteiger charge is 2.41. The van der Waals surface area contributed by atoms with E-state index in [4.69, 9.17) is 4.74 Å². The maximum atomic E-state index is 12.9. The van der Waals surface area contributed by atoms with Gasteiger partial charge in [-0.15, -0.1) is 0 Å². The first-order valence-electron chi connectivity index (χ1n) is 10.4. The number of amides is 1. The number of pyridine rings is 1. The van der Waals surface area contributed by atoms with Crippen LogP contribution in [-0.2, 0) is 11.2 Å². The smallest absolute Gasteiger partial charge is 0.257 e. The average Bonchev–Trinajstić information content (AvgIpc) is 3.18. The lowest BCUT2D eigenvalue weighted by molar-refractivity contribution is 0.0191. The number of nitrogens with one attached hydrogen (secondary N) is 1. The minimum Gasteiger partial charge on any atom is -0.381 e. The van der Waals surface area contributed by atoms with Crippen molar-refractivity contribution in [3.63, 3.8) is 0 Å². The van der Waals surface area contributed by atoms with Crippen LogP contribution in [0.3, 0.4) is 0 Å². The Labute approximate surface area is 173 Å². The SMILES string of the molecule is O=C(c1cnc(N[C@H]2[Si]CCc3ncccc32)nc1)N1CCC2(CCOCC2)C1. The van der Waals surface area contributed by atoms with E-state index in [1.165, 1.54) is 5.56 Å². The molecule has 29 heavy (non-hydrogen) atoms. The summed E-state index contributed by atoms with van der Waals surface area (Å²) in [6.07, 6.45) is 9.36. The van der Waals surface area contributed by atoms with Crippen LogP contribution in [0.5, 0.6) is 0 Å². The van der Waals surface area contributed by atoms with Gasteiger partial charge in [0.25, 0.3) is 5.91 Å². The van der Waals surface area contributed by atoms with Gasteiger partial charge in [0.2, 0.25) is 5.95 Å². The summed E-state index contributed by atoms with van der Waals surface area (Å²) >= 11 is 0. The molecule has 3 aliphatic heterocycles. The summed E-state index contributed by atoms with van der Waals surface area (Å²) in [6, 6.07) is 5.23. The van der Waals surface area contributed by atoms with Gasteiger partial charge in [-0.05, 0) is 42.7 Å². The average molecular weight is 408 g/mol. The molecule has 5 rings (SSSR count). The fourth-order valence-corrected chi connectivity index (χ4v) is 6.03. The maximum Gasteiger partial charge on any atom is 0.257 e. The van der Waals surface area contributed by atoms with Crippen LogP contribution in [0.25, 0.3) is 0 Å². The maximum absolute atomic E-state index is 12.9. The van der Waals surface area contributed by atoms with Gasteiger partial charge in [-0.2, -0.15) is 0 Å². The van der Waals surface area contributed by atoms with Crippen LogP contribution in [0.1, 0.15) is 46.5 Å². The van der Waals surface area contributed by atoms with Gasteiger partial charge in [0, 0.05) is 56.3 Å². The molecular formula is C21H25N5O2Si. The van der Waals surface area contributed by atoms with E-state index in [1.54, 1.807) is 12.4 Å². The molecule has 7 nitrogen and oxygen atoms in total. The van der Waals surface area contributed by atoms with Gasteiger partial charge in [0.15, 0.2) is 0 Å². The molecule has 2 aromatic rings. The number of carbonyl (C=O) groups excluding carboxylic acids is 1. The van der Waals surface area contributed by atoms with E-state index < -0.39 is 0 Å². The standard InChI is InChI=1S/C21H25N5O2Si/c27-19(26-8-4-21(14-26)5-9-28-10-6-21)15-12-23-20(24-13-15)25-18-16-2-1-7-22-17(16)3-11-29-18/h1-2,7,12-13,18H,3-6,8-11,14H2,(H,23,24,25)/t18-/m0/s1. The third-order valence-corrected chi connectivity index (χ3v) is 7.80. The Hall–Kier alpha value is -2.32. The van der Waals surface area contributed by atoms with Crippen molar-refractivity contribution >= 4 is 21.4 Å². The molecule has 2 saturated heterocycles. The topological polar surface area (TPSA) is 80.2 Å². The molecule has 2 aromatic heterocycles. The second-order valence-electron chi connectivity index (χ2n) is 8.21. The summed E-state index contributed by atoms with van der Waals surface area (Å²) in [4.78, 5) is 28.3. The number of aromatic nitrogens is 3. The first kappa shape index (κ1) is 18.7. The molecule has 1 N–H and O–H groups in total. The molecular weight excluding hydrogens is 382 g/mol. The Kier molecular flexibility index (Phi) is 5.05. The zero-order valence-corrected chi connectivity index (χ0v) is 17.4. The van der Waals surface area contributed by atoms with Crippen molar-refractivity contribution in [2.75, 3.05) is 31.6 Å². The lowest BCUT2D eigenvalue weighted by Gasteiger charge is -2.33. The van der Waals surface area contributed by atoms with E-state index >= 15 is 0 Å². The molecule has 5 heterocycles. The fourth-order valence-electron chi connectivity index (χ4n) is 4.64. The highest BCUT2D eigenvalue weighted by molar-refractivity contribution is 6.39. The number of likely N-dealkylation sites (tertiary alicyclic amines) is 1. The van der Waals surface area contributed by atoms with Crippen molar-refractivity contribution in [1.82, 2.24) is 19.9 Å². The molecule has 0 saturated carbocycles. The van der Waals surface area contributed by atoms with Crippen molar-refractivity contribution in [3.8, 4) is 0 Å². The van der Waals surface area contributed by atoms with Crippen LogP contribution < -0.4 is 5.32 Å². The van der Waals surface area contributed by atoms with E-state index in [2.05, 4.69) is 26.3 Å². The number of nitrogens with zero attached hydrogens (tertiary/aromatic N) is 4. The molecule has 1 amide bonds. The number of anilines is 1. The van der Waals surface area contributed by atoms with Crippen molar-refractivity contribution < 1.29 is 9.53 Å². The number of rotatable bonds is 3. The number of carbonyl (C=O) groups is 1. The van der Waals surface area contributed by atoms with Gasteiger partial charge in [0.05, 0.1) is 15.1 Å². The summed E-state index contributed by atoms with van der Waals surface area (Å²) in [5.74, 6) is 0.604. The molecule has 150 valence electrons. The highest BCUT2D eigenvalue weighted by Crippen LogP contribution is 2.40. The number of fused-ring (bicyclic) bond motifs is 1. The zero-order valence-electron chi connectivity index (χ0n) is 16.4. The minimum absolute atomic E-state index is 0.0361. The zero-order chi connectivity index (χ0) is 19.7. The summed E-state index contributed by atoms with van der Waals surface area (Å²) in [5.41, 5.74) is 3.40. The molecule has 1 spiro atoms. The van der Waals surface area contributed by atoms with E-state index in [-0.39, 0.29) is 17.0 Å². The van der Waals surface area contributed by atoms with E-state index in [0.717, 1.165) is 73.2 Å². The molecule has 8 heteroatoms. The molecule has 2 radical (unpaired) electrons. The molecule has 0 aromatic carbocycles. The molecule has 2 fully saturated rings. The molecule has 0 aliphatic carbocycles. The van der Waals surface area contributed by atoms with Gasteiger partial charge < -0.3 is 15.0 Å². The predicted molar refractivity (Wildman–Crippen MR) is 110 cm³/mol. The molecule has 3 aliphatic rings. The first-order chi connectivity index (χ1) is 14.2. The van der Waals surface area contributed by atoms with Crippen LogP contribution in [0.2, 0.25) is 6.04 Å². The fraction of sp³-hybridized carbons (Fsp3) is 0.524. The molecule has 0 unspecified atom stereocenters. The largest absolute Gasteiger partial charge is 0.381 e. The summed E-state index contributed by atoms with van der Waals surface area (Å²) in [5, 5.41) is 3.43. The number of aryl methyl sites for hydroxylation is 1. The van der Waals surface area contributed by atoms with Crippen molar-refractivity contribution in [3.05, 3.63) is 47.5 Å². The van der Waals surface area contributed by atoms with E-state index in [0.29, 0.717) is 11.5 Å². The van der Waals surface area contributed by atoms with Crippen LogP contribution >= 0.6 is 0 Å². The van der Waals surface area contributed by atoms with Crippen molar-refractivity contribution in [1.29, 1.82) is 0 Å². The third kappa shape index (κ3) is 3.78. The van der Waals surface area contributed by atoms with E-state index in [1.807, 2.05) is 17.2 Å². The Morgan fingerprint density at radius 2 is 2.03 bits per heavy atom. The summed E-state index contributed by atoms with van der Waals surface area (Å²) in [6.45, 7) is 3.26. The van der Waals surface area contributed by atoms with E-state index in [9.17, 15) is 4.79 Å². The second-order valence-corrected chi connectivity index (χ2v) is 9.69. The minimum atomic E-state index is 0.0361. The van der Waals surface area contributed by atoms with Crippen LogP contribution in [0.4, 0.5) is 5.95 Å². The quantitative estimate of drug-likeness (QED) is 0.787. The Balaban J connectivity index is 1.25. The highest BCUT2D eigenvalue weighted by atomic mass is 28.2. The Bertz CT molecular complexity index is 885. The number of hydrogen-bond donors (Lipinski definition) is 1. The van der Waals surface area contributed by atoms with Gasteiger partial charge in [-0.1, -0.05) is 12.1 Å². The predicted octanol–water partition coefficient (Wildman–Crippen LogP) is 2.30. The summed E-state index contributed by atoms with van der Waals surface area (Å²) in [7, 11) is 0.764. The lowest BCUT2D eigenvalue weighted by Crippen LogP contribution is -2.35. The van der Waals surface area contributed by atoms with Crippen LogP contribution in [-0.4, -0.2) is 61.6 Å². The molecule has 1 atom stereocenters. The second kappa shape index (κ2) is 7.83. The monoisotopic (exact) mass is 407 g/mol. The van der Waals surface area contributed by atoms with Gasteiger partial charge in [-0.25, -0.2) is 9.97 Å². The number of ether oxygens (including phenoxy) is 1. The third-order valence-electron chi connectivity index (χ3n) is 6.40. The van der Waals surface area contributed by atoms with Crippen LogP contribution in [0, 0.1) is 5.41 Å².